The highest BCUT2D eigenvalue weighted by Gasteiger charge is 2.23. The molecule has 0 aliphatic carbocycles. The number of nitrogens with zero attached hydrogens (tertiary/aromatic N) is 1. The number of rotatable bonds is 6. The highest BCUT2D eigenvalue weighted by molar-refractivity contribution is 6.33. The largest absolute Gasteiger partial charge is 0.398 e. The van der Waals surface area contributed by atoms with Crippen molar-refractivity contribution >= 4 is 23.2 Å². The summed E-state index contributed by atoms with van der Waals surface area (Å²) in [5.74, 6) is 0.470. The average molecular weight is 297 g/mol. The number of nitrogen functional groups attached to an aromatic ring is 1. The van der Waals surface area contributed by atoms with Crippen molar-refractivity contribution in [3.05, 3.63) is 28.8 Å². The zero-order valence-electron chi connectivity index (χ0n) is 12.8. The lowest BCUT2D eigenvalue weighted by Crippen LogP contribution is -2.42. The normalized spacial score (nSPS) is 11.2. The van der Waals surface area contributed by atoms with Crippen LogP contribution in [0.4, 0.5) is 5.69 Å². The zero-order valence-corrected chi connectivity index (χ0v) is 13.6. The van der Waals surface area contributed by atoms with Gasteiger partial charge >= 0.3 is 0 Å². The van der Waals surface area contributed by atoms with Gasteiger partial charge in [0.2, 0.25) is 0 Å². The number of hydrogen-bond donors (Lipinski definition) is 1. The Labute approximate surface area is 127 Å². The van der Waals surface area contributed by atoms with E-state index in [4.69, 9.17) is 17.3 Å². The molecule has 0 radical (unpaired) electrons. The van der Waals surface area contributed by atoms with Gasteiger partial charge in [0.25, 0.3) is 5.91 Å². The molecule has 0 heterocycles. The van der Waals surface area contributed by atoms with E-state index < -0.39 is 0 Å². The smallest absolute Gasteiger partial charge is 0.254 e. The monoisotopic (exact) mass is 296 g/mol. The molecule has 0 unspecified atom stereocenters. The Bertz CT molecular complexity index is 456. The quantitative estimate of drug-likeness (QED) is 0.799. The van der Waals surface area contributed by atoms with Gasteiger partial charge in [-0.15, -0.1) is 0 Å². The Hall–Kier alpha value is -1.22. The number of carbonyl (C=O) groups excluding carboxylic acids is 1. The maximum Gasteiger partial charge on any atom is 0.254 e. The van der Waals surface area contributed by atoms with Crippen LogP contribution in [0.1, 0.15) is 50.9 Å². The SMILES string of the molecule is CCC(CC)N(CC(C)C)C(=O)c1ccc(N)c(Cl)c1. The van der Waals surface area contributed by atoms with E-state index in [1.54, 1.807) is 18.2 Å². The summed E-state index contributed by atoms with van der Waals surface area (Å²) in [4.78, 5) is 14.7. The van der Waals surface area contributed by atoms with Gasteiger partial charge in [-0.05, 0) is 37.0 Å². The predicted octanol–water partition coefficient (Wildman–Crippen LogP) is 4.21. The predicted molar refractivity (Wildman–Crippen MR) is 86.1 cm³/mol. The summed E-state index contributed by atoms with van der Waals surface area (Å²) >= 11 is 6.02. The van der Waals surface area contributed by atoms with Crippen LogP contribution in [0.5, 0.6) is 0 Å². The van der Waals surface area contributed by atoms with Gasteiger partial charge in [0, 0.05) is 18.2 Å². The molecule has 1 amide bonds. The first-order valence-electron chi connectivity index (χ1n) is 7.26. The molecule has 1 rings (SSSR count). The number of nitrogens with two attached hydrogens (primary N) is 1. The Kier molecular flexibility index (Phi) is 6.34. The maximum atomic E-state index is 12.7. The molecular formula is C16H25ClN2O. The van der Waals surface area contributed by atoms with Crippen LogP contribution in [0.25, 0.3) is 0 Å². The van der Waals surface area contributed by atoms with Crippen molar-refractivity contribution in [2.45, 2.75) is 46.6 Å². The van der Waals surface area contributed by atoms with Crippen LogP contribution in [0.3, 0.4) is 0 Å². The Morgan fingerprint density at radius 3 is 2.35 bits per heavy atom. The van der Waals surface area contributed by atoms with Crippen molar-refractivity contribution in [2.75, 3.05) is 12.3 Å². The number of carbonyl (C=O) groups is 1. The third-order valence-corrected chi connectivity index (χ3v) is 3.78. The summed E-state index contributed by atoms with van der Waals surface area (Å²) in [5, 5.41) is 0.435. The lowest BCUT2D eigenvalue weighted by molar-refractivity contribution is 0.0640. The minimum atomic E-state index is 0.0364. The second-order valence-electron chi connectivity index (χ2n) is 5.56. The fourth-order valence-corrected chi connectivity index (χ4v) is 2.53. The molecule has 4 heteroatoms. The van der Waals surface area contributed by atoms with E-state index in [0.717, 1.165) is 19.4 Å². The third-order valence-electron chi connectivity index (χ3n) is 3.45. The fourth-order valence-electron chi connectivity index (χ4n) is 2.35. The summed E-state index contributed by atoms with van der Waals surface area (Å²) in [7, 11) is 0. The molecule has 0 fully saturated rings. The van der Waals surface area contributed by atoms with Gasteiger partial charge in [-0.25, -0.2) is 0 Å². The maximum absolute atomic E-state index is 12.7. The van der Waals surface area contributed by atoms with Crippen LogP contribution < -0.4 is 5.73 Å². The summed E-state index contributed by atoms with van der Waals surface area (Å²) < 4.78 is 0. The molecule has 3 nitrogen and oxygen atoms in total. The van der Waals surface area contributed by atoms with Gasteiger partial charge in [0.05, 0.1) is 10.7 Å². The van der Waals surface area contributed by atoms with Crippen LogP contribution in [0.15, 0.2) is 18.2 Å². The van der Waals surface area contributed by atoms with Crippen LogP contribution in [-0.2, 0) is 0 Å². The molecule has 0 spiro atoms. The van der Waals surface area contributed by atoms with Gasteiger partial charge in [-0.1, -0.05) is 39.3 Å². The molecule has 0 saturated carbocycles. The molecule has 0 bridgehead atoms. The lowest BCUT2D eigenvalue weighted by atomic mass is 10.1. The molecule has 0 aliphatic heterocycles. The third kappa shape index (κ3) is 4.14. The molecule has 0 atom stereocenters. The van der Waals surface area contributed by atoms with E-state index in [1.807, 2.05) is 4.90 Å². The topological polar surface area (TPSA) is 46.3 Å². The van der Waals surface area contributed by atoms with Gasteiger partial charge < -0.3 is 10.6 Å². The molecule has 1 aromatic rings. The molecule has 0 saturated heterocycles. The number of anilines is 1. The van der Waals surface area contributed by atoms with E-state index in [1.165, 1.54) is 0 Å². The van der Waals surface area contributed by atoms with E-state index in [9.17, 15) is 4.79 Å². The molecule has 0 aromatic heterocycles. The first-order chi connectivity index (χ1) is 9.40. The number of amides is 1. The molecule has 112 valence electrons. The Morgan fingerprint density at radius 2 is 1.90 bits per heavy atom. The minimum absolute atomic E-state index is 0.0364. The van der Waals surface area contributed by atoms with Crippen molar-refractivity contribution in [3.63, 3.8) is 0 Å². The minimum Gasteiger partial charge on any atom is -0.398 e. The van der Waals surface area contributed by atoms with Gasteiger partial charge in [0.1, 0.15) is 0 Å². The van der Waals surface area contributed by atoms with Gasteiger partial charge in [-0.2, -0.15) is 0 Å². The van der Waals surface area contributed by atoms with Crippen molar-refractivity contribution in [1.82, 2.24) is 4.90 Å². The van der Waals surface area contributed by atoms with Crippen LogP contribution >= 0.6 is 11.6 Å². The lowest BCUT2D eigenvalue weighted by Gasteiger charge is -2.32. The highest BCUT2D eigenvalue weighted by Crippen LogP contribution is 2.22. The first kappa shape index (κ1) is 16.8. The van der Waals surface area contributed by atoms with E-state index in [2.05, 4.69) is 27.7 Å². The second-order valence-corrected chi connectivity index (χ2v) is 5.97. The second kappa shape index (κ2) is 7.53. The van der Waals surface area contributed by atoms with Crippen molar-refractivity contribution in [3.8, 4) is 0 Å². The van der Waals surface area contributed by atoms with E-state index in [-0.39, 0.29) is 11.9 Å². The molecular weight excluding hydrogens is 272 g/mol. The van der Waals surface area contributed by atoms with Crippen LogP contribution in [0, 0.1) is 5.92 Å². The van der Waals surface area contributed by atoms with Gasteiger partial charge in [0.15, 0.2) is 0 Å². The van der Waals surface area contributed by atoms with Crippen molar-refractivity contribution < 1.29 is 4.79 Å². The van der Waals surface area contributed by atoms with Crippen molar-refractivity contribution in [1.29, 1.82) is 0 Å². The fraction of sp³-hybridized carbons (Fsp3) is 0.562. The average Bonchev–Trinajstić information content (AvgIpc) is 2.41. The summed E-state index contributed by atoms with van der Waals surface area (Å²) in [6.45, 7) is 9.24. The summed E-state index contributed by atoms with van der Waals surface area (Å²) in [6.07, 6.45) is 1.91. The zero-order chi connectivity index (χ0) is 15.3. The van der Waals surface area contributed by atoms with Crippen LogP contribution in [-0.4, -0.2) is 23.4 Å². The standard InChI is InChI=1S/C16H25ClN2O/c1-5-13(6-2)19(10-11(3)4)16(20)12-7-8-15(18)14(17)9-12/h7-9,11,13H,5-6,10,18H2,1-4H3. The molecule has 20 heavy (non-hydrogen) atoms. The van der Waals surface area contributed by atoms with E-state index in [0.29, 0.717) is 22.2 Å². The Morgan fingerprint density at radius 1 is 1.30 bits per heavy atom. The first-order valence-corrected chi connectivity index (χ1v) is 7.64. The van der Waals surface area contributed by atoms with Crippen LogP contribution in [0.2, 0.25) is 5.02 Å². The number of benzene rings is 1. The molecule has 0 aliphatic rings. The number of halogens is 1. The molecule has 2 N–H and O–H groups in total. The van der Waals surface area contributed by atoms with Crippen molar-refractivity contribution in [2.24, 2.45) is 5.92 Å². The van der Waals surface area contributed by atoms with Gasteiger partial charge in [-0.3, -0.25) is 4.79 Å². The van der Waals surface area contributed by atoms with E-state index >= 15 is 0 Å². The summed E-state index contributed by atoms with van der Waals surface area (Å²) in [5.41, 5.74) is 6.81. The number of hydrogen-bond acceptors (Lipinski definition) is 2. The highest BCUT2D eigenvalue weighted by atomic mass is 35.5. The summed E-state index contributed by atoms with van der Waals surface area (Å²) in [6, 6.07) is 5.37. The Balaban J connectivity index is 3.05. The molecule has 1 aromatic carbocycles.